The van der Waals surface area contributed by atoms with E-state index in [0.29, 0.717) is 0 Å². The van der Waals surface area contributed by atoms with Gasteiger partial charge >= 0.3 is 10.3 Å². The molecule has 96 valence electrons. The van der Waals surface area contributed by atoms with E-state index >= 15 is 0 Å². The zero-order valence-corrected chi connectivity index (χ0v) is 9.68. The van der Waals surface area contributed by atoms with Crippen molar-refractivity contribution in [3.63, 3.8) is 0 Å². The summed E-state index contributed by atoms with van der Waals surface area (Å²) in [4.78, 5) is 0. The van der Waals surface area contributed by atoms with Crippen LogP contribution in [-0.2, 0) is 24.0 Å². The Bertz CT molecular complexity index is 319. The van der Waals surface area contributed by atoms with E-state index in [4.69, 9.17) is 9.47 Å². The van der Waals surface area contributed by atoms with Crippen LogP contribution in [0.4, 0.5) is 0 Å². The Hall–Kier alpha value is -0.290. The topological polar surface area (TPSA) is 114 Å². The molecule has 0 saturated carbocycles. The average molecular weight is 257 g/mol. The second kappa shape index (κ2) is 5.36. The first kappa shape index (κ1) is 13.8. The molecule has 1 saturated heterocycles. The standard InChI is InChI=1S/C7H15NO7S/c1-13-7-6(10)5(9)4(15-7)3-8-16(11,12)14-2/h4-10H,3H2,1-2H3/t4-,5-,6-,7-/m1/s1. The molecule has 1 aliphatic rings. The van der Waals surface area contributed by atoms with Crippen molar-refractivity contribution in [2.24, 2.45) is 0 Å². The lowest BCUT2D eigenvalue weighted by Crippen LogP contribution is -2.40. The molecule has 0 aromatic heterocycles. The summed E-state index contributed by atoms with van der Waals surface area (Å²) in [5.74, 6) is 0. The van der Waals surface area contributed by atoms with E-state index < -0.39 is 34.9 Å². The van der Waals surface area contributed by atoms with Gasteiger partial charge in [0.1, 0.15) is 18.3 Å². The minimum atomic E-state index is -3.84. The second-order valence-corrected chi connectivity index (χ2v) is 4.76. The van der Waals surface area contributed by atoms with Crippen LogP contribution in [0.2, 0.25) is 0 Å². The fourth-order valence-electron chi connectivity index (χ4n) is 1.32. The third kappa shape index (κ3) is 3.10. The molecule has 1 aliphatic heterocycles. The zero-order valence-electron chi connectivity index (χ0n) is 8.86. The van der Waals surface area contributed by atoms with E-state index in [0.717, 1.165) is 7.11 Å². The van der Waals surface area contributed by atoms with Gasteiger partial charge in [-0.1, -0.05) is 0 Å². The average Bonchev–Trinajstić information content (AvgIpc) is 2.53. The molecule has 3 N–H and O–H groups in total. The van der Waals surface area contributed by atoms with Crippen LogP contribution in [0, 0.1) is 0 Å². The van der Waals surface area contributed by atoms with E-state index in [1.807, 2.05) is 4.72 Å². The summed E-state index contributed by atoms with van der Waals surface area (Å²) in [5.41, 5.74) is 0. The van der Waals surface area contributed by atoms with Gasteiger partial charge in [0.25, 0.3) is 0 Å². The number of rotatable bonds is 5. The predicted molar refractivity (Wildman–Crippen MR) is 51.6 cm³/mol. The van der Waals surface area contributed by atoms with Gasteiger partial charge in [0.2, 0.25) is 0 Å². The Labute approximate surface area is 93.4 Å². The Kier molecular flexibility index (Phi) is 4.62. The van der Waals surface area contributed by atoms with Gasteiger partial charge in [0, 0.05) is 13.7 Å². The van der Waals surface area contributed by atoms with Gasteiger partial charge in [-0.3, -0.25) is 4.18 Å². The molecular weight excluding hydrogens is 242 g/mol. The lowest BCUT2D eigenvalue weighted by Gasteiger charge is -2.14. The SMILES string of the molecule is CO[C@@H]1O[C@H](CNS(=O)(=O)OC)[C@@H](O)[C@H]1O. The molecule has 0 aromatic carbocycles. The minimum Gasteiger partial charge on any atom is -0.387 e. The quantitative estimate of drug-likeness (QED) is 0.501. The van der Waals surface area contributed by atoms with Gasteiger partial charge in [-0.25, -0.2) is 0 Å². The first-order valence-corrected chi connectivity index (χ1v) is 5.91. The molecule has 1 rings (SSSR count). The van der Waals surface area contributed by atoms with Crippen molar-refractivity contribution in [3.05, 3.63) is 0 Å². The number of ether oxygens (including phenoxy) is 2. The molecule has 9 heteroatoms. The molecule has 0 unspecified atom stereocenters. The van der Waals surface area contributed by atoms with Crippen molar-refractivity contribution in [2.45, 2.75) is 24.6 Å². The predicted octanol–water partition coefficient (Wildman–Crippen LogP) is -2.44. The normalized spacial score (nSPS) is 35.5. The van der Waals surface area contributed by atoms with Gasteiger partial charge in [0.05, 0.1) is 7.11 Å². The number of methoxy groups -OCH3 is 1. The highest BCUT2D eigenvalue weighted by atomic mass is 32.2. The van der Waals surface area contributed by atoms with Crippen molar-refractivity contribution < 1.29 is 32.3 Å². The fourth-order valence-corrected chi connectivity index (χ4v) is 1.81. The van der Waals surface area contributed by atoms with Crippen LogP contribution in [0.1, 0.15) is 0 Å². The van der Waals surface area contributed by atoms with Crippen molar-refractivity contribution in [2.75, 3.05) is 20.8 Å². The van der Waals surface area contributed by atoms with Crippen LogP contribution in [0.5, 0.6) is 0 Å². The lowest BCUT2D eigenvalue weighted by molar-refractivity contribution is -0.147. The molecule has 0 spiro atoms. The maximum absolute atomic E-state index is 10.9. The number of hydrogen-bond acceptors (Lipinski definition) is 7. The van der Waals surface area contributed by atoms with Gasteiger partial charge in [-0.2, -0.15) is 13.1 Å². The van der Waals surface area contributed by atoms with Crippen molar-refractivity contribution in [3.8, 4) is 0 Å². The number of aliphatic hydroxyl groups is 2. The van der Waals surface area contributed by atoms with Crippen LogP contribution >= 0.6 is 0 Å². The Balaban J connectivity index is 2.51. The number of nitrogens with one attached hydrogen (secondary N) is 1. The molecule has 1 fully saturated rings. The first-order chi connectivity index (χ1) is 7.41. The lowest BCUT2D eigenvalue weighted by atomic mass is 10.1. The largest absolute Gasteiger partial charge is 0.387 e. The first-order valence-electron chi connectivity index (χ1n) is 4.51. The maximum atomic E-state index is 10.9. The molecule has 1 heterocycles. The molecular formula is C7H15NO7S. The molecule has 0 amide bonds. The highest BCUT2D eigenvalue weighted by molar-refractivity contribution is 7.84. The summed E-state index contributed by atoms with van der Waals surface area (Å²) < 4.78 is 37.9. The molecule has 0 radical (unpaired) electrons. The van der Waals surface area contributed by atoms with Crippen LogP contribution in [0.25, 0.3) is 0 Å². The molecule has 0 aromatic rings. The van der Waals surface area contributed by atoms with Crippen molar-refractivity contribution in [1.29, 1.82) is 0 Å². The third-order valence-corrected chi connectivity index (χ3v) is 3.19. The molecule has 8 nitrogen and oxygen atoms in total. The van der Waals surface area contributed by atoms with Crippen LogP contribution in [0.3, 0.4) is 0 Å². The summed E-state index contributed by atoms with van der Waals surface area (Å²) in [7, 11) is -1.53. The van der Waals surface area contributed by atoms with E-state index in [1.165, 1.54) is 7.11 Å². The van der Waals surface area contributed by atoms with Gasteiger partial charge in [-0.05, 0) is 0 Å². The highest BCUT2D eigenvalue weighted by Gasteiger charge is 2.43. The van der Waals surface area contributed by atoms with Crippen molar-refractivity contribution >= 4 is 10.3 Å². The van der Waals surface area contributed by atoms with Crippen LogP contribution < -0.4 is 4.72 Å². The summed E-state index contributed by atoms with van der Waals surface area (Å²) in [6.45, 7) is -0.214. The highest BCUT2D eigenvalue weighted by Crippen LogP contribution is 2.21. The van der Waals surface area contributed by atoms with Gasteiger partial charge in [0.15, 0.2) is 6.29 Å². The third-order valence-electron chi connectivity index (χ3n) is 2.23. The monoisotopic (exact) mass is 257 g/mol. The fraction of sp³-hybridized carbons (Fsp3) is 1.00. The second-order valence-electron chi connectivity index (χ2n) is 3.23. The van der Waals surface area contributed by atoms with Gasteiger partial charge < -0.3 is 19.7 Å². The Morgan fingerprint density at radius 3 is 2.38 bits per heavy atom. The summed E-state index contributed by atoms with van der Waals surface area (Å²) in [5, 5.41) is 18.9. The summed E-state index contributed by atoms with van der Waals surface area (Å²) >= 11 is 0. The maximum Gasteiger partial charge on any atom is 0.335 e. The molecule has 0 aliphatic carbocycles. The van der Waals surface area contributed by atoms with E-state index in [2.05, 4.69) is 4.18 Å². The molecule has 0 bridgehead atoms. The van der Waals surface area contributed by atoms with Gasteiger partial charge in [-0.15, -0.1) is 0 Å². The Morgan fingerprint density at radius 1 is 1.31 bits per heavy atom. The summed E-state index contributed by atoms with van der Waals surface area (Å²) in [6, 6.07) is 0. The van der Waals surface area contributed by atoms with Crippen LogP contribution in [-0.4, -0.2) is 64.0 Å². The van der Waals surface area contributed by atoms with E-state index in [9.17, 15) is 18.6 Å². The minimum absolute atomic E-state index is 0.214. The smallest absolute Gasteiger partial charge is 0.335 e. The molecule has 16 heavy (non-hydrogen) atoms. The zero-order chi connectivity index (χ0) is 12.3. The van der Waals surface area contributed by atoms with E-state index in [-0.39, 0.29) is 6.54 Å². The van der Waals surface area contributed by atoms with E-state index in [1.54, 1.807) is 0 Å². The van der Waals surface area contributed by atoms with Crippen LogP contribution in [0.15, 0.2) is 0 Å². The van der Waals surface area contributed by atoms with Crippen molar-refractivity contribution in [1.82, 2.24) is 4.72 Å². The number of aliphatic hydroxyl groups excluding tert-OH is 2. The summed E-state index contributed by atoms with van der Waals surface area (Å²) in [6.07, 6.45) is -4.27. The molecule has 4 atom stereocenters. The Morgan fingerprint density at radius 2 is 1.94 bits per heavy atom. The number of hydrogen-bond donors (Lipinski definition) is 3.